The highest BCUT2D eigenvalue weighted by atomic mass is 19.1. The third-order valence-electron chi connectivity index (χ3n) is 7.45. The summed E-state index contributed by atoms with van der Waals surface area (Å²) in [5.41, 5.74) is 4.59. The topological polar surface area (TPSA) is 51.2 Å². The number of methoxy groups -OCH3 is 1. The van der Waals surface area contributed by atoms with E-state index in [-0.39, 0.29) is 12.4 Å². The Labute approximate surface area is 232 Å². The van der Waals surface area contributed by atoms with E-state index < -0.39 is 0 Å². The predicted octanol–water partition coefficient (Wildman–Crippen LogP) is 7.26. The van der Waals surface area contributed by atoms with Gasteiger partial charge in [0, 0.05) is 26.3 Å². The van der Waals surface area contributed by atoms with Gasteiger partial charge < -0.3 is 24.2 Å². The van der Waals surface area contributed by atoms with Gasteiger partial charge in [-0.2, -0.15) is 0 Å². The van der Waals surface area contributed by atoms with Crippen LogP contribution in [0.3, 0.4) is 0 Å². The number of ether oxygens (including phenoxy) is 3. The van der Waals surface area contributed by atoms with Crippen molar-refractivity contribution in [1.29, 1.82) is 0 Å². The SMILES string of the molecule is COCCCN1CCOc2ccc(CO)cc21.Fc1cccc(OCc2ccc(C3CCCCCC3)cc2)c1. The van der Waals surface area contributed by atoms with Crippen molar-refractivity contribution in [3.8, 4) is 11.5 Å². The maximum Gasteiger partial charge on any atom is 0.142 e. The largest absolute Gasteiger partial charge is 0.490 e. The van der Waals surface area contributed by atoms with Gasteiger partial charge in [0.1, 0.15) is 30.5 Å². The summed E-state index contributed by atoms with van der Waals surface area (Å²) in [7, 11) is 1.72. The Morgan fingerprint density at radius 2 is 1.72 bits per heavy atom. The average molecular weight is 536 g/mol. The molecule has 0 unspecified atom stereocenters. The molecule has 1 saturated carbocycles. The van der Waals surface area contributed by atoms with Crippen LogP contribution < -0.4 is 14.4 Å². The molecule has 3 aromatic rings. The zero-order chi connectivity index (χ0) is 27.3. The van der Waals surface area contributed by atoms with E-state index in [0.29, 0.717) is 12.4 Å². The van der Waals surface area contributed by atoms with E-state index in [4.69, 9.17) is 19.3 Å². The number of fused-ring (bicyclic) bond motifs is 1. The normalized spacial score (nSPS) is 15.4. The second-order valence-corrected chi connectivity index (χ2v) is 10.3. The molecule has 3 aromatic carbocycles. The van der Waals surface area contributed by atoms with Crippen LogP contribution in [0.5, 0.6) is 11.5 Å². The molecule has 1 heterocycles. The minimum absolute atomic E-state index is 0.0686. The van der Waals surface area contributed by atoms with Gasteiger partial charge >= 0.3 is 0 Å². The van der Waals surface area contributed by atoms with Gasteiger partial charge in [0.05, 0.1) is 18.8 Å². The number of aliphatic hydroxyl groups excluding tert-OH is 1. The van der Waals surface area contributed by atoms with Gasteiger partial charge in [-0.3, -0.25) is 0 Å². The summed E-state index contributed by atoms with van der Waals surface area (Å²) < 4.78 is 29.4. The van der Waals surface area contributed by atoms with Crippen molar-refractivity contribution in [2.24, 2.45) is 0 Å². The van der Waals surface area contributed by atoms with E-state index in [1.54, 1.807) is 19.2 Å². The van der Waals surface area contributed by atoms with Crippen molar-refractivity contribution in [1.82, 2.24) is 0 Å². The summed E-state index contributed by atoms with van der Waals surface area (Å²) >= 11 is 0. The standard InChI is InChI=1S/C20H23FO.C13H19NO3/c21-19-8-5-9-20(14-19)22-15-16-10-12-18(13-11-16)17-6-3-1-2-4-7-17;1-16-7-2-5-14-6-8-17-13-4-3-11(10-15)9-12(13)14/h5,8-14,17H,1-4,6-7,15H2;3-4,9,15H,2,5-8,10H2,1H3. The molecular formula is C33H42FNO4. The van der Waals surface area contributed by atoms with Crippen LogP contribution in [-0.2, 0) is 18.0 Å². The maximum atomic E-state index is 13.1. The first-order valence-electron chi connectivity index (χ1n) is 14.2. The van der Waals surface area contributed by atoms with Crippen molar-refractivity contribution in [3.05, 3.63) is 89.2 Å². The van der Waals surface area contributed by atoms with E-state index in [0.717, 1.165) is 61.2 Å². The molecule has 0 saturated heterocycles. The first kappa shape index (κ1) is 28.9. The van der Waals surface area contributed by atoms with E-state index in [9.17, 15) is 4.39 Å². The Morgan fingerprint density at radius 3 is 2.44 bits per heavy atom. The fraction of sp³-hybridized carbons (Fsp3) is 0.455. The van der Waals surface area contributed by atoms with Gasteiger partial charge in [0.2, 0.25) is 0 Å². The Morgan fingerprint density at radius 1 is 0.949 bits per heavy atom. The molecule has 5 nitrogen and oxygen atoms in total. The third kappa shape index (κ3) is 8.97. The number of aliphatic hydroxyl groups is 1. The highest BCUT2D eigenvalue weighted by Crippen LogP contribution is 2.33. The van der Waals surface area contributed by atoms with Gasteiger partial charge in [-0.25, -0.2) is 4.39 Å². The lowest BCUT2D eigenvalue weighted by atomic mass is 9.91. The van der Waals surface area contributed by atoms with Gasteiger partial charge in [-0.05, 0) is 66.1 Å². The minimum atomic E-state index is -0.263. The van der Waals surface area contributed by atoms with Gasteiger partial charge in [-0.1, -0.05) is 62.1 Å². The number of benzene rings is 3. The summed E-state index contributed by atoms with van der Waals surface area (Å²) in [4.78, 5) is 2.29. The molecule has 0 radical (unpaired) electrons. The molecule has 210 valence electrons. The molecule has 2 aliphatic rings. The highest BCUT2D eigenvalue weighted by molar-refractivity contribution is 5.61. The van der Waals surface area contributed by atoms with Crippen LogP contribution in [0.15, 0.2) is 66.7 Å². The number of rotatable bonds is 9. The summed E-state index contributed by atoms with van der Waals surface area (Å²) in [6, 6.07) is 20.9. The Balaban J connectivity index is 0.000000187. The van der Waals surface area contributed by atoms with Crippen molar-refractivity contribution in [2.75, 3.05) is 38.3 Å². The Kier molecular flexibility index (Phi) is 11.5. The monoisotopic (exact) mass is 535 g/mol. The summed E-state index contributed by atoms with van der Waals surface area (Å²) in [5.74, 6) is 1.95. The van der Waals surface area contributed by atoms with E-state index in [2.05, 4.69) is 29.2 Å². The van der Waals surface area contributed by atoms with Gasteiger partial charge in [0.15, 0.2) is 0 Å². The first-order valence-corrected chi connectivity index (χ1v) is 14.2. The zero-order valence-corrected chi connectivity index (χ0v) is 23.1. The fourth-order valence-electron chi connectivity index (χ4n) is 5.27. The number of hydrogen-bond donors (Lipinski definition) is 1. The second-order valence-electron chi connectivity index (χ2n) is 10.3. The molecular weight excluding hydrogens is 493 g/mol. The molecule has 0 atom stereocenters. The van der Waals surface area contributed by atoms with Crippen LogP contribution in [0.1, 0.15) is 67.6 Å². The molecule has 0 spiro atoms. The Hall–Kier alpha value is -3.09. The van der Waals surface area contributed by atoms with Gasteiger partial charge in [0.25, 0.3) is 0 Å². The lowest BCUT2D eigenvalue weighted by Crippen LogP contribution is -2.34. The number of nitrogens with zero attached hydrogens (tertiary/aromatic N) is 1. The summed E-state index contributed by atoms with van der Waals surface area (Å²) in [6.07, 6.45) is 9.12. The van der Waals surface area contributed by atoms with Crippen LogP contribution >= 0.6 is 0 Å². The third-order valence-corrected chi connectivity index (χ3v) is 7.45. The average Bonchev–Trinajstić information content (AvgIpc) is 3.27. The van der Waals surface area contributed by atoms with Crippen LogP contribution in [0.2, 0.25) is 0 Å². The molecule has 1 fully saturated rings. The van der Waals surface area contributed by atoms with Crippen molar-refractivity contribution in [2.45, 2.75) is 64.1 Å². The molecule has 0 aromatic heterocycles. The van der Waals surface area contributed by atoms with Crippen LogP contribution in [0.25, 0.3) is 0 Å². The quantitative estimate of drug-likeness (QED) is 0.231. The van der Waals surface area contributed by atoms with Crippen LogP contribution in [0.4, 0.5) is 10.1 Å². The highest BCUT2D eigenvalue weighted by Gasteiger charge is 2.18. The second kappa shape index (κ2) is 15.5. The zero-order valence-electron chi connectivity index (χ0n) is 23.1. The van der Waals surface area contributed by atoms with Crippen LogP contribution in [0, 0.1) is 5.82 Å². The maximum absolute atomic E-state index is 13.1. The molecule has 6 heteroatoms. The van der Waals surface area contributed by atoms with E-state index in [1.165, 1.54) is 56.2 Å². The molecule has 1 aliphatic heterocycles. The minimum Gasteiger partial charge on any atom is -0.490 e. The summed E-state index contributed by atoms with van der Waals surface area (Å²) in [5, 5.41) is 9.16. The number of halogens is 1. The van der Waals surface area contributed by atoms with E-state index in [1.807, 2.05) is 18.2 Å². The molecule has 5 rings (SSSR count). The molecule has 39 heavy (non-hydrogen) atoms. The van der Waals surface area contributed by atoms with Crippen molar-refractivity contribution >= 4 is 5.69 Å². The van der Waals surface area contributed by atoms with E-state index >= 15 is 0 Å². The molecule has 0 amide bonds. The van der Waals surface area contributed by atoms with Crippen molar-refractivity contribution in [3.63, 3.8) is 0 Å². The van der Waals surface area contributed by atoms with Gasteiger partial charge in [-0.15, -0.1) is 0 Å². The number of anilines is 1. The molecule has 0 bridgehead atoms. The lowest BCUT2D eigenvalue weighted by Gasteiger charge is -2.31. The summed E-state index contributed by atoms with van der Waals surface area (Å²) in [6.45, 7) is 3.89. The first-order chi connectivity index (χ1) is 19.2. The molecule has 1 N–H and O–H groups in total. The Bertz CT molecular complexity index is 1130. The fourth-order valence-corrected chi connectivity index (χ4v) is 5.27. The molecule has 1 aliphatic carbocycles. The van der Waals surface area contributed by atoms with Crippen LogP contribution in [-0.4, -0.2) is 38.5 Å². The predicted molar refractivity (Wildman–Crippen MR) is 154 cm³/mol. The number of hydrogen-bond acceptors (Lipinski definition) is 5. The smallest absolute Gasteiger partial charge is 0.142 e. The van der Waals surface area contributed by atoms with Crippen molar-refractivity contribution < 1.29 is 23.7 Å². The lowest BCUT2D eigenvalue weighted by molar-refractivity contribution is 0.195.